The van der Waals surface area contributed by atoms with Crippen LogP contribution < -0.4 is 10.1 Å². The Labute approximate surface area is 187 Å². The van der Waals surface area contributed by atoms with E-state index in [0.29, 0.717) is 12.3 Å². The number of amides is 2. The van der Waals surface area contributed by atoms with E-state index in [1.54, 1.807) is 11.8 Å². The van der Waals surface area contributed by atoms with Crippen LogP contribution in [0.5, 0.6) is 5.75 Å². The molecule has 0 radical (unpaired) electrons. The van der Waals surface area contributed by atoms with Crippen molar-refractivity contribution in [3.05, 3.63) is 63.6 Å². The number of aryl methyl sites for hydroxylation is 2. The van der Waals surface area contributed by atoms with Gasteiger partial charge in [-0.3, -0.25) is 9.59 Å². The molecule has 0 heterocycles. The van der Waals surface area contributed by atoms with Gasteiger partial charge in [0.25, 0.3) is 5.91 Å². The summed E-state index contributed by atoms with van der Waals surface area (Å²) >= 11 is 3.46. The molecule has 0 bridgehead atoms. The summed E-state index contributed by atoms with van der Waals surface area (Å²) in [5.74, 6) is 0.250. The van der Waals surface area contributed by atoms with Crippen LogP contribution in [0.25, 0.3) is 0 Å². The second kappa shape index (κ2) is 11.2. The summed E-state index contributed by atoms with van der Waals surface area (Å²) in [6.45, 7) is 9.89. The van der Waals surface area contributed by atoms with Crippen molar-refractivity contribution in [2.45, 2.75) is 59.7 Å². The lowest BCUT2D eigenvalue weighted by Gasteiger charge is -2.29. The zero-order valence-electron chi connectivity index (χ0n) is 18.4. The van der Waals surface area contributed by atoms with Gasteiger partial charge in [-0.1, -0.05) is 41.1 Å². The molecule has 2 aromatic carbocycles. The number of nitrogens with one attached hydrogen (secondary N) is 1. The van der Waals surface area contributed by atoms with Gasteiger partial charge in [-0.05, 0) is 75.1 Å². The second-order valence-electron chi connectivity index (χ2n) is 7.76. The number of hydrogen-bond donors (Lipinski definition) is 1. The normalized spacial score (nSPS) is 12.7. The van der Waals surface area contributed by atoms with E-state index in [-0.39, 0.29) is 24.5 Å². The molecule has 2 amide bonds. The van der Waals surface area contributed by atoms with Crippen LogP contribution in [0.15, 0.2) is 46.9 Å². The predicted octanol–water partition coefficient (Wildman–Crippen LogP) is 4.78. The van der Waals surface area contributed by atoms with Gasteiger partial charge in [0, 0.05) is 17.1 Å². The first-order chi connectivity index (χ1) is 14.2. The summed E-state index contributed by atoms with van der Waals surface area (Å²) in [5, 5.41) is 2.97. The Hall–Kier alpha value is -2.34. The molecule has 5 nitrogen and oxygen atoms in total. The number of hydrogen-bond acceptors (Lipinski definition) is 3. The van der Waals surface area contributed by atoms with Crippen LogP contribution in [0.4, 0.5) is 0 Å². The molecule has 2 atom stereocenters. The van der Waals surface area contributed by atoms with Crippen molar-refractivity contribution >= 4 is 27.7 Å². The van der Waals surface area contributed by atoms with Gasteiger partial charge in [-0.15, -0.1) is 0 Å². The summed E-state index contributed by atoms with van der Waals surface area (Å²) in [6, 6.07) is 13.0. The molecule has 0 aliphatic rings. The fraction of sp³-hybridized carbons (Fsp3) is 0.417. The van der Waals surface area contributed by atoms with Crippen molar-refractivity contribution in [1.29, 1.82) is 0 Å². The third kappa shape index (κ3) is 7.17. The van der Waals surface area contributed by atoms with E-state index in [2.05, 4.69) is 27.3 Å². The summed E-state index contributed by atoms with van der Waals surface area (Å²) in [4.78, 5) is 27.4. The third-order valence-corrected chi connectivity index (χ3v) is 5.46. The lowest BCUT2D eigenvalue weighted by molar-refractivity contribution is -0.142. The third-order valence-electron chi connectivity index (χ3n) is 4.97. The second-order valence-corrected chi connectivity index (χ2v) is 8.67. The van der Waals surface area contributed by atoms with E-state index in [1.807, 2.05) is 64.1 Å². The zero-order valence-corrected chi connectivity index (χ0v) is 20.0. The highest BCUT2D eigenvalue weighted by molar-refractivity contribution is 9.10. The van der Waals surface area contributed by atoms with Crippen LogP contribution in [0.3, 0.4) is 0 Å². The van der Waals surface area contributed by atoms with Crippen LogP contribution in [-0.2, 0) is 16.1 Å². The van der Waals surface area contributed by atoms with Gasteiger partial charge in [-0.25, -0.2) is 0 Å². The molecule has 2 unspecified atom stereocenters. The molecule has 2 rings (SSSR count). The Morgan fingerprint density at radius 1 is 1.10 bits per heavy atom. The average molecular weight is 475 g/mol. The molecule has 1 N–H and O–H groups in total. The van der Waals surface area contributed by atoms with E-state index >= 15 is 0 Å². The van der Waals surface area contributed by atoms with Gasteiger partial charge in [0.15, 0.2) is 6.61 Å². The minimum absolute atomic E-state index is 0.0503. The van der Waals surface area contributed by atoms with Crippen molar-refractivity contribution in [2.24, 2.45) is 0 Å². The standard InChI is InChI=1S/C24H31BrN2O3/c1-6-18(4)26-24(29)19(5)27(14-20-8-7-9-21(25)13-20)23(28)15-30-22-11-16(2)10-17(3)12-22/h7-13,18-19H,6,14-15H2,1-5H3,(H,26,29). The minimum atomic E-state index is -0.617. The van der Waals surface area contributed by atoms with Crippen LogP contribution in [0, 0.1) is 13.8 Å². The quantitative estimate of drug-likeness (QED) is 0.568. The Balaban J connectivity index is 2.17. The topological polar surface area (TPSA) is 58.6 Å². The van der Waals surface area contributed by atoms with Gasteiger partial charge in [0.1, 0.15) is 11.8 Å². The average Bonchev–Trinajstić information content (AvgIpc) is 2.69. The van der Waals surface area contributed by atoms with E-state index in [4.69, 9.17) is 4.74 Å². The number of carbonyl (C=O) groups is 2. The number of carbonyl (C=O) groups excluding carboxylic acids is 2. The smallest absolute Gasteiger partial charge is 0.261 e. The molecule has 0 aromatic heterocycles. The van der Waals surface area contributed by atoms with Crippen molar-refractivity contribution < 1.29 is 14.3 Å². The lowest BCUT2D eigenvalue weighted by atomic mass is 10.1. The molecule has 0 aliphatic heterocycles. The maximum atomic E-state index is 13.1. The van der Waals surface area contributed by atoms with Crippen molar-refractivity contribution in [1.82, 2.24) is 10.2 Å². The molecule has 6 heteroatoms. The summed E-state index contributed by atoms with van der Waals surface area (Å²) in [7, 11) is 0. The molecule has 0 fully saturated rings. The lowest BCUT2D eigenvalue weighted by Crippen LogP contribution is -2.50. The van der Waals surface area contributed by atoms with Crippen LogP contribution >= 0.6 is 15.9 Å². The molecule has 0 spiro atoms. The Bertz CT molecular complexity index is 864. The molecule has 0 aliphatic carbocycles. The highest BCUT2D eigenvalue weighted by atomic mass is 79.9. The molecule has 0 saturated heterocycles. The summed E-state index contributed by atoms with van der Waals surface area (Å²) < 4.78 is 6.70. The maximum Gasteiger partial charge on any atom is 0.261 e. The van der Waals surface area contributed by atoms with Gasteiger partial charge in [-0.2, -0.15) is 0 Å². The molecule has 30 heavy (non-hydrogen) atoms. The fourth-order valence-corrected chi connectivity index (χ4v) is 3.57. The van der Waals surface area contributed by atoms with E-state index in [0.717, 1.165) is 27.6 Å². The fourth-order valence-electron chi connectivity index (χ4n) is 3.12. The summed E-state index contributed by atoms with van der Waals surface area (Å²) in [6.07, 6.45) is 0.827. The monoisotopic (exact) mass is 474 g/mol. The first-order valence-electron chi connectivity index (χ1n) is 10.2. The van der Waals surface area contributed by atoms with Crippen LogP contribution in [-0.4, -0.2) is 35.4 Å². The SMILES string of the molecule is CCC(C)NC(=O)C(C)N(Cc1cccc(Br)c1)C(=O)COc1cc(C)cc(C)c1. The Kier molecular flexibility index (Phi) is 8.90. The molecule has 0 saturated carbocycles. The number of halogens is 1. The zero-order chi connectivity index (χ0) is 22.3. The minimum Gasteiger partial charge on any atom is -0.484 e. The van der Waals surface area contributed by atoms with Crippen molar-refractivity contribution in [3.8, 4) is 5.75 Å². The van der Waals surface area contributed by atoms with Gasteiger partial charge in [0.2, 0.25) is 5.91 Å². The van der Waals surface area contributed by atoms with Crippen molar-refractivity contribution in [2.75, 3.05) is 6.61 Å². The molecule has 162 valence electrons. The highest BCUT2D eigenvalue weighted by Crippen LogP contribution is 2.18. The van der Waals surface area contributed by atoms with E-state index in [1.165, 1.54) is 0 Å². The van der Waals surface area contributed by atoms with Crippen LogP contribution in [0.2, 0.25) is 0 Å². The van der Waals surface area contributed by atoms with Crippen LogP contribution in [0.1, 0.15) is 43.9 Å². The Morgan fingerprint density at radius 3 is 2.37 bits per heavy atom. The molecule has 2 aromatic rings. The molecular weight excluding hydrogens is 444 g/mol. The largest absolute Gasteiger partial charge is 0.484 e. The van der Waals surface area contributed by atoms with Crippen molar-refractivity contribution in [3.63, 3.8) is 0 Å². The predicted molar refractivity (Wildman–Crippen MR) is 123 cm³/mol. The molecular formula is C24H31BrN2O3. The van der Waals surface area contributed by atoms with E-state index < -0.39 is 6.04 Å². The highest BCUT2D eigenvalue weighted by Gasteiger charge is 2.27. The van der Waals surface area contributed by atoms with Gasteiger partial charge < -0.3 is 15.0 Å². The first kappa shape index (κ1) is 23.9. The van der Waals surface area contributed by atoms with Gasteiger partial charge in [0.05, 0.1) is 0 Å². The Morgan fingerprint density at radius 2 is 1.77 bits per heavy atom. The van der Waals surface area contributed by atoms with E-state index in [9.17, 15) is 9.59 Å². The number of benzene rings is 2. The number of ether oxygens (including phenoxy) is 1. The first-order valence-corrected chi connectivity index (χ1v) is 11.0. The maximum absolute atomic E-state index is 13.1. The van der Waals surface area contributed by atoms with Gasteiger partial charge >= 0.3 is 0 Å². The summed E-state index contributed by atoms with van der Waals surface area (Å²) in [5.41, 5.74) is 3.08. The number of rotatable bonds is 9. The number of nitrogens with zero attached hydrogens (tertiary/aromatic N) is 1.